The van der Waals surface area contributed by atoms with Crippen molar-refractivity contribution in [1.82, 2.24) is 9.38 Å². The van der Waals surface area contributed by atoms with E-state index in [0.29, 0.717) is 27.9 Å². The van der Waals surface area contributed by atoms with Gasteiger partial charge in [-0.25, -0.2) is 4.98 Å². The Balaban J connectivity index is 2.03. The average molecular weight is 382 g/mol. The molecular formula is C24H18N2O3. The van der Waals surface area contributed by atoms with E-state index in [1.54, 1.807) is 16.5 Å². The van der Waals surface area contributed by atoms with Crippen LogP contribution in [0.1, 0.15) is 5.56 Å². The summed E-state index contributed by atoms with van der Waals surface area (Å²) < 4.78 is 6.95. The molecule has 5 aromatic rings. The van der Waals surface area contributed by atoms with Crippen molar-refractivity contribution in [2.75, 3.05) is 7.11 Å². The maximum atomic E-state index is 13.3. The van der Waals surface area contributed by atoms with Crippen LogP contribution in [0.5, 0.6) is 11.5 Å². The Kier molecular flexibility index (Phi) is 3.77. The highest BCUT2D eigenvalue weighted by Gasteiger charge is 2.17. The summed E-state index contributed by atoms with van der Waals surface area (Å²) in [5, 5.41) is 12.2. The van der Waals surface area contributed by atoms with Crippen LogP contribution in [0.3, 0.4) is 0 Å². The van der Waals surface area contributed by atoms with Gasteiger partial charge in [0.15, 0.2) is 11.5 Å². The number of aromatic nitrogens is 2. The van der Waals surface area contributed by atoms with Crippen molar-refractivity contribution < 1.29 is 9.84 Å². The SMILES string of the molecule is COc1cccc(-c2cc3nc4ccccc4c(=O)n3c3c(C)cccc23)c1O. The first kappa shape index (κ1) is 17.3. The van der Waals surface area contributed by atoms with E-state index in [1.165, 1.54) is 7.11 Å². The zero-order valence-corrected chi connectivity index (χ0v) is 16.0. The third-order valence-electron chi connectivity index (χ3n) is 5.34. The van der Waals surface area contributed by atoms with Crippen molar-refractivity contribution >= 4 is 27.5 Å². The Hall–Kier alpha value is -3.86. The second-order valence-corrected chi connectivity index (χ2v) is 7.01. The van der Waals surface area contributed by atoms with E-state index in [2.05, 4.69) is 0 Å². The molecule has 5 rings (SSSR count). The molecule has 0 bridgehead atoms. The molecule has 5 nitrogen and oxygen atoms in total. The molecule has 0 saturated carbocycles. The summed E-state index contributed by atoms with van der Waals surface area (Å²) in [6.45, 7) is 1.97. The number of hydrogen-bond acceptors (Lipinski definition) is 4. The van der Waals surface area contributed by atoms with Crippen LogP contribution in [0.25, 0.3) is 38.6 Å². The number of phenols is 1. The lowest BCUT2D eigenvalue weighted by atomic mass is 9.98. The van der Waals surface area contributed by atoms with Gasteiger partial charge in [-0.2, -0.15) is 0 Å². The van der Waals surface area contributed by atoms with Crippen LogP contribution >= 0.6 is 0 Å². The van der Waals surface area contributed by atoms with Gasteiger partial charge >= 0.3 is 0 Å². The fraction of sp³-hybridized carbons (Fsp3) is 0.0833. The quantitative estimate of drug-likeness (QED) is 0.355. The van der Waals surface area contributed by atoms with Crippen LogP contribution in [-0.4, -0.2) is 21.6 Å². The summed E-state index contributed by atoms with van der Waals surface area (Å²) in [5.74, 6) is 0.456. The third kappa shape index (κ3) is 2.48. The van der Waals surface area contributed by atoms with Gasteiger partial charge in [0.1, 0.15) is 5.65 Å². The van der Waals surface area contributed by atoms with Crippen molar-refractivity contribution in [2.24, 2.45) is 0 Å². The number of benzene rings is 3. The lowest BCUT2D eigenvalue weighted by molar-refractivity contribution is 0.374. The van der Waals surface area contributed by atoms with Crippen LogP contribution in [0.15, 0.2) is 71.5 Å². The summed E-state index contributed by atoms with van der Waals surface area (Å²) in [7, 11) is 1.52. The molecule has 3 aromatic carbocycles. The number of aromatic hydroxyl groups is 1. The lowest BCUT2D eigenvalue weighted by Crippen LogP contribution is -2.17. The third-order valence-corrected chi connectivity index (χ3v) is 5.34. The summed E-state index contributed by atoms with van der Waals surface area (Å²) in [6.07, 6.45) is 0. The highest BCUT2D eigenvalue weighted by Crippen LogP contribution is 2.40. The summed E-state index contributed by atoms with van der Waals surface area (Å²) in [5.41, 5.74) is 4.24. The highest BCUT2D eigenvalue weighted by atomic mass is 16.5. The fourth-order valence-corrected chi connectivity index (χ4v) is 3.97. The molecule has 0 aliphatic carbocycles. The predicted octanol–water partition coefficient (Wildman–Crippen LogP) is 4.69. The second kappa shape index (κ2) is 6.34. The molecule has 0 aliphatic heterocycles. The number of methoxy groups -OCH3 is 1. The van der Waals surface area contributed by atoms with E-state index in [-0.39, 0.29) is 11.3 Å². The summed E-state index contributed by atoms with van der Waals surface area (Å²) in [4.78, 5) is 18.1. The van der Waals surface area contributed by atoms with Crippen molar-refractivity contribution in [3.63, 3.8) is 0 Å². The summed E-state index contributed by atoms with van der Waals surface area (Å²) in [6, 6.07) is 20.4. The number of fused-ring (bicyclic) bond motifs is 4. The molecule has 0 aliphatic rings. The number of ether oxygens (including phenoxy) is 1. The van der Waals surface area contributed by atoms with Gasteiger partial charge in [0.2, 0.25) is 0 Å². The van der Waals surface area contributed by atoms with Gasteiger partial charge in [-0.3, -0.25) is 9.20 Å². The summed E-state index contributed by atoms with van der Waals surface area (Å²) >= 11 is 0. The minimum Gasteiger partial charge on any atom is -0.504 e. The first-order valence-electron chi connectivity index (χ1n) is 9.30. The monoisotopic (exact) mass is 382 g/mol. The fourth-order valence-electron chi connectivity index (χ4n) is 3.97. The largest absolute Gasteiger partial charge is 0.504 e. The predicted molar refractivity (Wildman–Crippen MR) is 115 cm³/mol. The smallest absolute Gasteiger partial charge is 0.266 e. The maximum absolute atomic E-state index is 13.3. The maximum Gasteiger partial charge on any atom is 0.266 e. The molecular weight excluding hydrogens is 364 g/mol. The Labute approximate surface area is 166 Å². The number of nitrogens with zero attached hydrogens (tertiary/aromatic N) is 2. The molecule has 2 aromatic heterocycles. The number of pyridine rings is 1. The van der Waals surface area contributed by atoms with Crippen LogP contribution in [0.4, 0.5) is 0 Å². The van der Waals surface area contributed by atoms with E-state index in [1.807, 2.05) is 61.5 Å². The molecule has 0 spiro atoms. The first-order valence-corrected chi connectivity index (χ1v) is 9.30. The number of aryl methyl sites for hydroxylation is 1. The molecule has 0 radical (unpaired) electrons. The number of para-hydroxylation sites is 3. The van der Waals surface area contributed by atoms with Crippen LogP contribution < -0.4 is 10.3 Å². The van der Waals surface area contributed by atoms with E-state index in [4.69, 9.17) is 9.72 Å². The molecule has 5 heteroatoms. The molecule has 29 heavy (non-hydrogen) atoms. The molecule has 0 fully saturated rings. The van der Waals surface area contributed by atoms with Gasteiger partial charge in [0.05, 0.1) is 23.5 Å². The van der Waals surface area contributed by atoms with Crippen LogP contribution in [0, 0.1) is 6.92 Å². The Morgan fingerprint density at radius 1 is 0.931 bits per heavy atom. The molecule has 0 atom stereocenters. The van der Waals surface area contributed by atoms with Gasteiger partial charge in [-0.15, -0.1) is 0 Å². The zero-order chi connectivity index (χ0) is 20.1. The van der Waals surface area contributed by atoms with Crippen LogP contribution in [0.2, 0.25) is 0 Å². The minimum atomic E-state index is -0.105. The molecule has 0 amide bonds. The van der Waals surface area contributed by atoms with Crippen molar-refractivity contribution in [1.29, 1.82) is 0 Å². The van der Waals surface area contributed by atoms with Gasteiger partial charge in [-0.1, -0.05) is 42.5 Å². The molecule has 1 N–H and O–H groups in total. The normalized spacial score (nSPS) is 11.4. The van der Waals surface area contributed by atoms with E-state index < -0.39 is 0 Å². The molecule has 0 unspecified atom stereocenters. The molecule has 0 saturated heterocycles. The molecule has 2 heterocycles. The molecule has 142 valence electrons. The first-order chi connectivity index (χ1) is 14.1. The van der Waals surface area contributed by atoms with Crippen LogP contribution in [-0.2, 0) is 0 Å². The number of hydrogen-bond donors (Lipinski definition) is 1. The average Bonchev–Trinajstić information content (AvgIpc) is 2.74. The van der Waals surface area contributed by atoms with Gasteiger partial charge in [0.25, 0.3) is 5.56 Å². The van der Waals surface area contributed by atoms with E-state index in [9.17, 15) is 9.90 Å². The van der Waals surface area contributed by atoms with Gasteiger partial charge < -0.3 is 9.84 Å². The van der Waals surface area contributed by atoms with E-state index >= 15 is 0 Å². The van der Waals surface area contributed by atoms with Gasteiger partial charge in [-0.05, 0) is 42.3 Å². The number of rotatable bonds is 2. The second-order valence-electron chi connectivity index (χ2n) is 7.01. The van der Waals surface area contributed by atoms with E-state index in [0.717, 1.165) is 22.0 Å². The Bertz CT molecular complexity index is 1490. The van der Waals surface area contributed by atoms with Crippen molar-refractivity contribution in [2.45, 2.75) is 6.92 Å². The Morgan fingerprint density at radius 3 is 2.52 bits per heavy atom. The zero-order valence-electron chi connectivity index (χ0n) is 16.0. The topological polar surface area (TPSA) is 63.8 Å². The Morgan fingerprint density at radius 2 is 1.69 bits per heavy atom. The number of phenolic OH excluding ortho intramolecular Hbond substituents is 1. The van der Waals surface area contributed by atoms with Gasteiger partial charge in [0, 0.05) is 10.9 Å². The lowest BCUT2D eigenvalue weighted by Gasteiger charge is -2.15. The highest BCUT2D eigenvalue weighted by molar-refractivity contribution is 6.01. The standard InChI is InChI=1S/C24H18N2O3/c1-14-7-5-9-15-18(16-10-6-12-20(29-2)23(16)27)13-21-25-19-11-4-3-8-17(19)24(28)26(21)22(14)15/h3-13,27H,1-2H3. The van der Waals surface area contributed by atoms with Crippen molar-refractivity contribution in [3.8, 4) is 22.6 Å². The minimum absolute atomic E-state index is 0.0605. The van der Waals surface area contributed by atoms with Crippen molar-refractivity contribution in [3.05, 3.63) is 82.6 Å².